The van der Waals surface area contributed by atoms with Crippen molar-refractivity contribution in [3.8, 4) is 5.75 Å². The van der Waals surface area contributed by atoms with Gasteiger partial charge in [0.15, 0.2) is 5.78 Å². The van der Waals surface area contributed by atoms with Crippen molar-refractivity contribution >= 4 is 5.78 Å². The predicted molar refractivity (Wildman–Crippen MR) is 64.4 cm³/mol. The van der Waals surface area contributed by atoms with Crippen LogP contribution >= 0.6 is 0 Å². The molecule has 1 unspecified atom stereocenters. The summed E-state index contributed by atoms with van der Waals surface area (Å²) in [6.07, 6.45) is 1.39. The van der Waals surface area contributed by atoms with Gasteiger partial charge in [-0.25, -0.2) is 0 Å². The van der Waals surface area contributed by atoms with Crippen LogP contribution in [0.3, 0.4) is 0 Å². The van der Waals surface area contributed by atoms with Gasteiger partial charge in [0.2, 0.25) is 0 Å². The lowest BCUT2D eigenvalue weighted by Gasteiger charge is -2.12. The third-order valence-electron chi connectivity index (χ3n) is 2.95. The number of ether oxygens (including phenoxy) is 2. The van der Waals surface area contributed by atoms with Crippen LogP contribution in [0.5, 0.6) is 5.75 Å². The zero-order valence-corrected chi connectivity index (χ0v) is 9.94. The Morgan fingerprint density at radius 1 is 1.59 bits per heavy atom. The van der Waals surface area contributed by atoms with Crippen molar-refractivity contribution in [1.82, 2.24) is 0 Å². The van der Waals surface area contributed by atoms with Gasteiger partial charge in [-0.2, -0.15) is 0 Å². The third-order valence-corrected chi connectivity index (χ3v) is 2.95. The number of carbonyl (C=O) groups is 1. The van der Waals surface area contributed by atoms with Gasteiger partial charge in [0, 0.05) is 20.1 Å². The lowest BCUT2D eigenvalue weighted by molar-refractivity contribution is 0.0932. The predicted octanol–water partition coefficient (Wildman–Crippen LogP) is 1.17. The molecule has 1 aromatic carbocycles. The molecule has 1 aliphatic rings. The Morgan fingerprint density at radius 3 is 3.18 bits per heavy atom. The number of benzene rings is 1. The molecule has 0 aliphatic carbocycles. The fraction of sp³-hybridized carbons (Fsp3) is 0.462. The molecule has 1 atom stereocenters. The maximum Gasteiger partial charge on any atom is 0.183 e. The van der Waals surface area contributed by atoms with Crippen LogP contribution in [0.4, 0.5) is 0 Å². The van der Waals surface area contributed by atoms with Gasteiger partial charge in [-0.3, -0.25) is 4.79 Å². The molecule has 1 heterocycles. The largest absolute Gasteiger partial charge is 0.492 e. The van der Waals surface area contributed by atoms with Crippen molar-refractivity contribution in [3.63, 3.8) is 0 Å². The first kappa shape index (κ1) is 12.1. The van der Waals surface area contributed by atoms with Crippen LogP contribution in [0.1, 0.15) is 22.3 Å². The van der Waals surface area contributed by atoms with E-state index in [1.807, 2.05) is 12.1 Å². The average Bonchev–Trinajstić information content (AvgIpc) is 2.82. The number of rotatable bonds is 5. The van der Waals surface area contributed by atoms with Crippen molar-refractivity contribution < 1.29 is 14.3 Å². The quantitative estimate of drug-likeness (QED) is 0.778. The Kier molecular flexibility index (Phi) is 3.76. The minimum Gasteiger partial charge on any atom is -0.492 e. The average molecular weight is 235 g/mol. The molecule has 0 amide bonds. The summed E-state index contributed by atoms with van der Waals surface area (Å²) < 4.78 is 10.4. The summed E-state index contributed by atoms with van der Waals surface area (Å²) in [4.78, 5) is 12.1. The molecule has 0 saturated heterocycles. The van der Waals surface area contributed by atoms with Gasteiger partial charge < -0.3 is 15.2 Å². The van der Waals surface area contributed by atoms with Gasteiger partial charge in [-0.05, 0) is 18.1 Å². The second-order valence-corrected chi connectivity index (χ2v) is 4.14. The molecule has 0 fully saturated rings. The van der Waals surface area contributed by atoms with E-state index in [1.165, 1.54) is 0 Å². The van der Waals surface area contributed by atoms with E-state index in [-0.39, 0.29) is 5.78 Å². The molecule has 0 radical (unpaired) electrons. The first-order valence-electron chi connectivity index (χ1n) is 5.77. The Morgan fingerprint density at radius 2 is 2.41 bits per heavy atom. The zero-order chi connectivity index (χ0) is 12.3. The molecular weight excluding hydrogens is 218 g/mol. The van der Waals surface area contributed by atoms with E-state index in [2.05, 4.69) is 0 Å². The van der Waals surface area contributed by atoms with Gasteiger partial charge >= 0.3 is 0 Å². The third kappa shape index (κ3) is 2.48. The van der Waals surface area contributed by atoms with Crippen LogP contribution in [0, 0.1) is 0 Å². The first-order chi connectivity index (χ1) is 8.24. The van der Waals surface area contributed by atoms with Gasteiger partial charge in [0.1, 0.15) is 5.75 Å². The van der Waals surface area contributed by atoms with Crippen molar-refractivity contribution in [2.45, 2.75) is 18.9 Å². The molecule has 0 bridgehead atoms. The highest BCUT2D eigenvalue weighted by atomic mass is 16.5. The van der Waals surface area contributed by atoms with Crippen LogP contribution < -0.4 is 10.5 Å². The minimum absolute atomic E-state index is 0.0687. The van der Waals surface area contributed by atoms with E-state index in [4.69, 9.17) is 15.2 Å². The Bertz CT molecular complexity index is 417. The first-order valence-corrected chi connectivity index (χ1v) is 5.77. The smallest absolute Gasteiger partial charge is 0.183 e. The summed E-state index contributed by atoms with van der Waals surface area (Å²) >= 11 is 0. The summed E-state index contributed by atoms with van der Waals surface area (Å²) in [5.41, 5.74) is 7.54. The van der Waals surface area contributed by atoms with E-state index in [0.29, 0.717) is 30.9 Å². The van der Waals surface area contributed by atoms with Crippen molar-refractivity contribution in [2.24, 2.45) is 5.73 Å². The zero-order valence-electron chi connectivity index (χ0n) is 9.94. The molecule has 1 aliphatic heterocycles. The SMILES string of the molecule is COCCC(N)C(=O)c1cccc2c1OCC2. The fourth-order valence-electron chi connectivity index (χ4n) is 1.98. The highest BCUT2D eigenvalue weighted by Gasteiger charge is 2.23. The van der Waals surface area contributed by atoms with E-state index in [9.17, 15) is 4.79 Å². The minimum atomic E-state index is -0.523. The normalized spacial score (nSPS) is 15.2. The number of hydrogen-bond donors (Lipinski definition) is 1. The molecule has 92 valence electrons. The number of ketones is 1. The van der Waals surface area contributed by atoms with Gasteiger partial charge in [0.05, 0.1) is 18.2 Å². The second kappa shape index (κ2) is 5.29. The topological polar surface area (TPSA) is 61.5 Å². The molecule has 1 aromatic rings. The molecule has 2 rings (SSSR count). The van der Waals surface area contributed by atoms with E-state index >= 15 is 0 Å². The van der Waals surface area contributed by atoms with Crippen LogP contribution in [-0.4, -0.2) is 32.1 Å². The van der Waals surface area contributed by atoms with Crippen molar-refractivity contribution in [2.75, 3.05) is 20.3 Å². The highest BCUT2D eigenvalue weighted by Crippen LogP contribution is 2.30. The summed E-state index contributed by atoms with van der Waals surface area (Å²) in [7, 11) is 1.60. The second-order valence-electron chi connectivity index (χ2n) is 4.14. The molecule has 4 heteroatoms. The van der Waals surface area contributed by atoms with E-state index in [0.717, 1.165) is 12.0 Å². The Hall–Kier alpha value is -1.39. The van der Waals surface area contributed by atoms with Crippen molar-refractivity contribution in [3.05, 3.63) is 29.3 Å². The number of Topliss-reactive ketones (excluding diaryl/α,β-unsaturated/α-hetero) is 1. The maximum absolute atomic E-state index is 12.1. The van der Waals surface area contributed by atoms with Crippen LogP contribution in [0.2, 0.25) is 0 Å². The number of carbonyl (C=O) groups excluding carboxylic acids is 1. The summed E-state index contributed by atoms with van der Waals surface area (Å²) in [5, 5.41) is 0. The molecule has 0 spiro atoms. The van der Waals surface area contributed by atoms with E-state index in [1.54, 1.807) is 13.2 Å². The fourth-order valence-corrected chi connectivity index (χ4v) is 1.98. The van der Waals surface area contributed by atoms with Gasteiger partial charge in [-0.1, -0.05) is 12.1 Å². The molecule has 0 aromatic heterocycles. The van der Waals surface area contributed by atoms with E-state index < -0.39 is 6.04 Å². The number of nitrogens with two attached hydrogens (primary N) is 1. The van der Waals surface area contributed by atoms with Crippen LogP contribution in [0.15, 0.2) is 18.2 Å². The molecule has 4 nitrogen and oxygen atoms in total. The van der Waals surface area contributed by atoms with Crippen LogP contribution in [0.25, 0.3) is 0 Å². The van der Waals surface area contributed by atoms with Crippen molar-refractivity contribution in [1.29, 1.82) is 0 Å². The summed E-state index contributed by atoms with van der Waals surface area (Å²) in [5.74, 6) is 0.645. The summed E-state index contributed by atoms with van der Waals surface area (Å²) in [6, 6.07) is 5.12. The maximum atomic E-state index is 12.1. The number of para-hydroxylation sites is 1. The standard InChI is InChI=1S/C13H17NO3/c1-16-7-6-11(14)12(15)10-4-2-3-9-5-8-17-13(9)10/h2-4,11H,5-8,14H2,1H3. The molecule has 0 saturated carbocycles. The lowest BCUT2D eigenvalue weighted by atomic mass is 9.99. The Labute approximate surface area is 101 Å². The number of hydrogen-bond acceptors (Lipinski definition) is 4. The highest BCUT2D eigenvalue weighted by molar-refractivity contribution is 6.02. The monoisotopic (exact) mass is 235 g/mol. The lowest BCUT2D eigenvalue weighted by Crippen LogP contribution is -2.32. The molecular formula is C13H17NO3. The number of fused-ring (bicyclic) bond motifs is 1. The summed E-state index contributed by atoms with van der Waals surface area (Å²) in [6.45, 7) is 1.13. The molecule has 2 N–H and O–H groups in total. The van der Waals surface area contributed by atoms with Gasteiger partial charge in [0.25, 0.3) is 0 Å². The van der Waals surface area contributed by atoms with Gasteiger partial charge in [-0.15, -0.1) is 0 Å². The Balaban J connectivity index is 2.17. The van der Waals surface area contributed by atoms with Crippen LogP contribution in [-0.2, 0) is 11.2 Å². The number of methoxy groups -OCH3 is 1. The molecule has 17 heavy (non-hydrogen) atoms.